The summed E-state index contributed by atoms with van der Waals surface area (Å²) in [6, 6.07) is 8.03. The molecule has 0 spiro atoms. The third kappa shape index (κ3) is 5.03. The molecule has 0 unspecified atom stereocenters. The summed E-state index contributed by atoms with van der Waals surface area (Å²) in [7, 11) is 0. The highest BCUT2D eigenvalue weighted by Crippen LogP contribution is 2.12. The molecule has 0 radical (unpaired) electrons. The van der Waals surface area contributed by atoms with E-state index in [1.165, 1.54) is 18.4 Å². The SMILES string of the molecule is CCCCc1ccc(NC(=O)Cn2c(CCC)n[nH]c2=S)cc1. The molecule has 0 aliphatic carbocycles. The zero-order chi connectivity index (χ0) is 16.7. The number of carbonyl (C=O) groups is 1. The fraction of sp³-hybridized carbons (Fsp3) is 0.471. The van der Waals surface area contributed by atoms with Gasteiger partial charge in [0.05, 0.1) is 0 Å². The van der Waals surface area contributed by atoms with Crippen LogP contribution >= 0.6 is 12.2 Å². The van der Waals surface area contributed by atoms with E-state index in [4.69, 9.17) is 12.2 Å². The highest BCUT2D eigenvalue weighted by molar-refractivity contribution is 7.71. The van der Waals surface area contributed by atoms with Crippen molar-refractivity contribution < 1.29 is 4.79 Å². The lowest BCUT2D eigenvalue weighted by Gasteiger charge is -2.08. The lowest BCUT2D eigenvalue weighted by Crippen LogP contribution is -2.20. The van der Waals surface area contributed by atoms with Crippen LogP contribution < -0.4 is 5.32 Å². The van der Waals surface area contributed by atoms with Crippen molar-refractivity contribution in [3.05, 3.63) is 40.4 Å². The molecule has 1 amide bonds. The van der Waals surface area contributed by atoms with Crippen LogP contribution in [0.15, 0.2) is 24.3 Å². The topological polar surface area (TPSA) is 62.7 Å². The summed E-state index contributed by atoms with van der Waals surface area (Å²) in [4.78, 5) is 12.2. The third-order valence-electron chi connectivity index (χ3n) is 3.67. The smallest absolute Gasteiger partial charge is 0.244 e. The van der Waals surface area contributed by atoms with Crippen molar-refractivity contribution in [1.29, 1.82) is 0 Å². The lowest BCUT2D eigenvalue weighted by molar-refractivity contribution is -0.116. The van der Waals surface area contributed by atoms with Crippen LogP contribution in [-0.2, 0) is 24.2 Å². The van der Waals surface area contributed by atoms with Crippen LogP contribution in [0.2, 0.25) is 0 Å². The summed E-state index contributed by atoms with van der Waals surface area (Å²) in [6.45, 7) is 4.44. The van der Waals surface area contributed by atoms with Crippen molar-refractivity contribution in [3.8, 4) is 0 Å². The van der Waals surface area contributed by atoms with Crippen molar-refractivity contribution in [2.24, 2.45) is 0 Å². The third-order valence-corrected chi connectivity index (χ3v) is 3.98. The molecule has 0 saturated heterocycles. The van der Waals surface area contributed by atoms with Crippen LogP contribution in [0.3, 0.4) is 0 Å². The van der Waals surface area contributed by atoms with E-state index in [9.17, 15) is 4.79 Å². The summed E-state index contributed by atoms with van der Waals surface area (Å²) >= 11 is 5.19. The van der Waals surface area contributed by atoms with Crippen molar-refractivity contribution in [1.82, 2.24) is 14.8 Å². The molecule has 0 aliphatic heterocycles. The number of rotatable bonds is 8. The van der Waals surface area contributed by atoms with Crippen molar-refractivity contribution in [2.45, 2.75) is 52.5 Å². The number of carbonyl (C=O) groups excluding carboxylic acids is 1. The van der Waals surface area contributed by atoms with Crippen LogP contribution in [0.25, 0.3) is 0 Å². The number of anilines is 1. The summed E-state index contributed by atoms with van der Waals surface area (Å²) < 4.78 is 2.24. The molecule has 2 rings (SSSR count). The van der Waals surface area contributed by atoms with Gasteiger partial charge in [-0.15, -0.1) is 0 Å². The second-order valence-corrected chi connectivity index (χ2v) is 6.02. The van der Waals surface area contributed by atoms with Gasteiger partial charge in [-0.2, -0.15) is 5.10 Å². The minimum absolute atomic E-state index is 0.0961. The summed E-state index contributed by atoms with van der Waals surface area (Å²) in [6.07, 6.45) is 5.21. The Kier molecular flexibility index (Phi) is 6.52. The Hall–Kier alpha value is -1.95. The number of benzene rings is 1. The van der Waals surface area contributed by atoms with Crippen LogP contribution in [-0.4, -0.2) is 20.7 Å². The summed E-state index contributed by atoms with van der Waals surface area (Å²) in [5, 5.41) is 9.84. The van der Waals surface area contributed by atoms with E-state index in [1.54, 1.807) is 4.57 Å². The number of H-pyrrole nitrogens is 1. The first kappa shape index (κ1) is 17.4. The Morgan fingerprint density at radius 1 is 1.22 bits per heavy atom. The Morgan fingerprint density at radius 3 is 2.61 bits per heavy atom. The van der Waals surface area contributed by atoms with E-state index in [0.29, 0.717) is 4.77 Å². The Bertz CT molecular complexity index is 687. The number of unbranched alkanes of at least 4 members (excludes halogenated alkanes) is 1. The van der Waals surface area contributed by atoms with Gasteiger partial charge in [-0.05, 0) is 49.2 Å². The molecule has 2 aromatic rings. The molecule has 1 heterocycles. The first-order valence-electron chi connectivity index (χ1n) is 8.17. The van der Waals surface area contributed by atoms with Crippen LogP contribution in [0.1, 0.15) is 44.5 Å². The molecular weight excluding hydrogens is 308 g/mol. The largest absolute Gasteiger partial charge is 0.325 e. The quantitative estimate of drug-likeness (QED) is 0.721. The molecule has 0 saturated carbocycles. The molecule has 124 valence electrons. The van der Waals surface area contributed by atoms with E-state index in [0.717, 1.165) is 30.8 Å². The maximum atomic E-state index is 12.2. The molecule has 0 aliphatic rings. The molecule has 0 fully saturated rings. The number of hydrogen-bond acceptors (Lipinski definition) is 3. The number of aryl methyl sites for hydroxylation is 2. The van der Waals surface area contributed by atoms with Gasteiger partial charge in [0, 0.05) is 12.1 Å². The first-order chi connectivity index (χ1) is 11.1. The molecule has 2 N–H and O–H groups in total. The van der Waals surface area contributed by atoms with Gasteiger partial charge in [0.1, 0.15) is 12.4 Å². The number of amides is 1. The van der Waals surface area contributed by atoms with Crippen LogP contribution in [0, 0.1) is 4.77 Å². The summed E-state index contributed by atoms with van der Waals surface area (Å²) in [5.41, 5.74) is 2.11. The highest BCUT2D eigenvalue weighted by Gasteiger charge is 2.10. The fourth-order valence-corrected chi connectivity index (χ4v) is 2.62. The molecular formula is C17H24N4OS. The Morgan fingerprint density at radius 2 is 1.96 bits per heavy atom. The molecule has 23 heavy (non-hydrogen) atoms. The zero-order valence-corrected chi connectivity index (χ0v) is 14.6. The van der Waals surface area contributed by atoms with E-state index >= 15 is 0 Å². The van der Waals surface area contributed by atoms with Crippen molar-refractivity contribution in [2.75, 3.05) is 5.32 Å². The minimum Gasteiger partial charge on any atom is -0.325 e. The monoisotopic (exact) mass is 332 g/mol. The van der Waals surface area contributed by atoms with Gasteiger partial charge in [0.15, 0.2) is 4.77 Å². The molecule has 5 nitrogen and oxygen atoms in total. The van der Waals surface area contributed by atoms with E-state index in [2.05, 4.69) is 41.5 Å². The Balaban J connectivity index is 1.97. The Labute approximate surface area is 142 Å². The van der Waals surface area contributed by atoms with Crippen LogP contribution in [0.4, 0.5) is 5.69 Å². The number of nitrogens with one attached hydrogen (secondary N) is 2. The lowest BCUT2D eigenvalue weighted by atomic mass is 10.1. The molecule has 1 aromatic heterocycles. The average Bonchev–Trinajstić information content (AvgIpc) is 2.88. The van der Waals surface area contributed by atoms with Gasteiger partial charge in [-0.1, -0.05) is 32.4 Å². The number of nitrogens with zero attached hydrogens (tertiary/aromatic N) is 2. The van der Waals surface area contributed by atoms with Gasteiger partial charge < -0.3 is 5.32 Å². The predicted octanol–water partition coefficient (Wildman–Crippen LogP) is 3.87. The maximum Gasteiger partial charge on any atom is 0.244 e. The van der Waals surface area contributed by atoms with Gasteiger partial charge in [0.2, 0.25) is 5.91 Å². The summed E-state index contributed by atoms with van der Waals surface area (Å²) in [5.74, 6) is 0.726. The number of aromatic amines is 1. The van der Waals surface area contributed by atoms with E-state index in [1.807, 2.05) is 12.1 Å². The predicted molar refractivity (Wildman–Crippen MR) is 95.1 cm³/mol. The number of hydrogen-bond donors (Lipinski definition) is 2. The molecule has 0 atom stereocenters. The van der Waals surface area contributed by atoms with Gasteiger partial charge in [-0.3, -0.25) is 14.5 Å². The van der Waals surface area contributed by atoms with Gasteiger partial charge >= 0.3 is 0 Å². The fourth-order valence-electron chi connectivity index (χ4n) is 2.41. The second kappa shape index (κ2) is 8.62. The maximum absolute atomic E-state index is 12.2. The first-order valence-corrected chi connectivity index (χ1v) is 8.57. The normalized spacial score (nSPS) is 10.7. The average molecular weight is 332 g/mol. The molecule has 1 aromatic carbocycles. The second-order valence-electron chi connectivity index (χ2n) is 5.63. The van der Waals surface area contributed by atoms with E-state index in [-0.39, 0.29) is 12.5 Å². The van der Waals surface area contributed by atoms with Gasteiger partial charge in [-0.25, -0.2) is 0 Å². The van der Waals surface area contributed by atoms with Crippen LogP contribution in [0.5, 0.6) is 0 Å². The molecule has 6 heteroatoms. The number of aromatic nitrogens is 3. The minimum atomic E-state index is -0.0961. The van der Waals surface area contributed by atoms with Crippen molar-refractivity contribution >= 4 is 23.8 Å². The standard InChI is InChI=1S/C17H24N4OS/c1-3-5-7-13-8-10-14(11-9-13)18-16(22)12-21-15(6-4-2)19-20-17(21)23/h8-11H,3-7,12H2,1-2H3,(H,18,22)(H,20,23). The highest BCUT2D eigenvalue weighted by atomic mass is 32.1. The molecule has 0 bridgehead atoms. The zero-order valence-electron chi connectivity index (χ0n) is 13.8. The van der Waals surface area contributed by atoms with E-state index < -0.39 is 0 Å². The van der Waals surface area contributed by atoms with Gasteiger partial charge in [0.25, 0.3) is 0 Å². The van der Waals surface area contributed by atoms with Crippen molar-refractivity contribution in [3.63, 3.8) is 0 Å².